The maximum Gasteiger partial charge on any atom is 0.161 e. The highest BCUT2D eigenvalue weighted by molar-refractivity contribution is 6.36. The molecule has 1 N–H and O–H groups in total. The molecule has 1 heterocycles. The lowest BCUT2D eigenvalue weighted by Crippen LogP contribution is -2.30. The Kier molecular flexibility index (Phi) is 2.75. The van der Waals surface area contributed by atoms with Gasteiger partial charge in [-0.05, 0) is 18.6 Å². The van der Waals surface area contributed by atoms with Crippen LogP contribution in [0.5, 0.6) is 5.75 Å². The van der Waals surface area contributed by atoms with Gasteiger partial charge in [-0.1, -0.05) is 30.1 Å². The van der Waals surface area contributed by atoms with Crippen LogP contribution in [-0.2, 0) is 0 Å². The van der Waals surface area contributed by atoms with Crippen LogP contribution in [0.25, 0.3) is 0 Å². The molecule has 1 aliphatic rings. The van der Waals surface area contributed by atoms with Crippen LogP contribution in [0.2, 0.25) is 10.0 Å². The molecular weight excluding hydrogens is 221 g/mol. The van der Waals surface area contributed by atoms with Gasteiger partial charge in [-0.25, -0.2) is 0 Å². The molecule has 4 heteroatoms. The molecular formula is C10H11Cl2NO. The third-order valence-electron chi connectivity index (χ3n) is 2.29. The van der Waals surface area contributed by atoms with Gasteiger partial charge in [0.05, 0.1) is 16.8 Å². The molecule has 0 bridgehead atoms. The van der Waals surface area contributed by atoms with Crippen LogP contribution in [0.4, 0.5) is 5.69 Å². The van der Waals surface area contributed by atoms with Crippen LogP contribution >= 0.6 is 23.2 Å². The molecule has 2 rings (SSSR count). The summed E-state index contributed by atoms with van der Waals surface area (Å²) in [5.74, 6) is 0.709. The average Bonchev–Trinajstić information content (AvgIpc) is 2.16. The summed E-state index contributed by atoms with van der Waals surface area (Å²) in [6, 6.07) is 3.87. The van der Waals surface area contributed by atoms with Crippen LogP contribution < -0.4 is 10.1 Å². The van der Waals surface area contributed by atoms with E-state index in [1.807, 2.05) is 6.07 Å². The zero-order valence-electron chi connectivity index (χ0n) is 7.81. The number of anilines is 1. The number of fused-ring (bicyclic) bond motifs is 1. The topological polar surface area (TPSA) is 21.3 Å². The lowest BCUT2D eigenvalue weighted by molar-refractivity contribution is 0.282. The molecule has 0 fully saturated rings. The minimum absolute atomic E-state index is 0.344. The van der Waals surface area contributed by atoms with Gasteiger partial charge in [0.15, 0.2) is 5.75 Å². The molecule has 2 nitrogen and oxygen atoms in total. The molecule has 1 atom stereocenters. The molecule has 1 aliphatic heterocycles. The smallest absolute Gasteiger partial charge is 0.161 e. The van der Waals surface area contributed by atoms with Crippen LogP contribution in [0.1, 0.15) is 13.3 Å². The fourth-order valence-corrected chi connectivity index (χ4v) is 2.03. The summed E-state index contributed by atoms with van der Waals surface area (Å²) in [6.07, 6.45) is 1.02. The SMILES string of the molecule is CCC1COc2c(Cl)cc(Cl)cc2N1. The van der Waals surface area contributed by atoms with Gasteiger partial charge in [0.25, 0.3) is 0 Å². The number of ether oxygens (including phenoxy) is 1. The van der Waals surface area contributed by atoms with Crippen molar-refractivity contribution in [3.05, 3.63) is 22.2 Å². The highest BCUT2D eigenvalue weighted by Crippen LogP contribution is 2.38. The Hall–Kier alpha value is -0.600. The zero-order chi connectivity index (χ0) is 10.1. The average molecular weight is 232 g/mol. The molecule has 0 amide bonds. The summed E-state index contributed by atoms with van der Waals surface area (Å²) in [7, 11) is 0. The number of hydrogen-bond acceptors (Lipinski definition) is 2. The van der Waals surface area contributed by atoms with E-state index >= 15 is 0 Å². The van der Waals surface area contributed by atoms with E-state index in [4.69, 9.17) is 27.9 Å². The van der Waals surface area contributed by atoms with Gasteiger partial charge in [-0.3, -0.25) is 0 Å². The minimum Gasteiger partial charge on any atom is -0.488 e. The van der Waals surface area contributed by atoms with Crippen molar-refractivity contribution < 1.29 is 4.74 Å². The molecule has 0 saturated carbocycles. The van der Waals surface area contributed by atoms with Crippen molar-refractivity contribution in [2.45, 2.75) is 19.4 Å². The monoisotopic (exact) mass is 231 g/mol. The number of halogens is 2. The summed E-state index contributed by atoms with van der Waals surface area (Å²) in [5.41, 5.74) is 0.889. The summed E-state index contributed by atoms with van der Waals surface area (Å²) < 4.78 is 5.56. The predicted molar refractivity (Wildman–Crippen MR) is 59.7 cm³/mol. The van der Waals surface area contributed by atoms with Gasteiger partial charge < -0.3 is 10.1 Å². The molecule has 1 aromatic carbocycles. The molecule has 0 aromatic heterocycles. The first-order chi connectivity index (χ1) is 6.70. The quantitative estimate of drug-likeness (QED) is 0.798. The van der Waals surface area contributed by atoms with E-state index in [0.717, 1.165) is 12.1 Å². The fraction of sp³-hybridized carbons (Fsp3) is 0.400. The van der Waals surface area contributed by atoms with Crippen molar-refractivity contribution in [2.24, 2.45) is 0 Å². The first-order valence-electron chi connectivity index (χ1n) is 4.59. The Labute approximate surface area is 93.2 Å². The van der Waals surface area contributed by atoms with Gasteiger partial charge >= 0.3 is 0 Å². The van der Waals surface area contributed by atoms with Crippen molar-refractivity contribution in [3.63, 3.8) is 0 Å². The second-order valence-electron chi connectivity index (χ2n) is 3.32. The van der Waals surface area contributed by atoms with E-state index in [-0.39, 0.29) is 0 Å². The summed E-state index contributed by atoms with van der Waals surface area (Å²) in [5, 5.41) is 4.53. The molecule has 0 spiro atoms. The third-order valence-corrected chi connectivity index (χ3v) is 2.79. The van der Waals surface area contributed by atoms with E-state index < -0.39 is 0 Å². The fourth-order valence-electron chi connectivity index (χ4n) is 1.48. The van der Waals surface area contributed by atoms with Gasteiger partial charge in [-0.15, -0.1) is 0 Å². The van der Waals surface area contributed by atoms with Crippen molar-refractivity contribution in [1.29, 1.82) is 0 Å². The van der Waals surface area contributed by atoms with E-state index in [9.17, 15) is 0 Å². The highest BCUT2D eigenvalue weighted by atomic mass is 35.5. The molecule has 0 radical (unpaired) electrons. The second-order valence-corrected chi connectivity index (χ2v) is 4.17. The predicted octanol–water partition coefficient (Wildman–Crippen LogP) is 3.58. The molecule has 1 aromatic rings. The standard InChI is InChI=1S/C10H11Cl2NO/c1-2-7-5-14-10-8(12)3-6(11)4-9(10)13-7/h3-4,7,13H,2,5H2,1H3. The van der Waals surface area contributed by atoms with Crippen LogP contribution in [0.3, 0.4) is 0 Å². The third kappa shape index (κ3) is 1.77. The van der Waals surface area contributed by atoms with E-state index in [2.05, 4.69) is 12.2 Å². The number of rotatable bonds is 1. The van der Waals surface area contributed by atoms with Crippen LogP contribution in [0.15, 0.2) is 12.1 Å². The Morgan fingerprint density at radius 1 is 1.50 bits per heavy atom. The number of nitrogens with one attached hydrogen (secondary N) is 1. The van der Waals surface area contributed by atoms with Gasteiger partial charge in [-0.2, -0.15) is 0 Å². The van der Waals surface area contributed by atoms with Crippen molar-refractivity contribution in [1.82, 2.24) is 0 Å². The molecule has 14 heavy (non-hydrogen) atoms. The molecule has 0 aliphatic carbocycles. The Morgan fingerprint density at radius 3 is 3.00 bits per heavy atom. The Bertz CT molecular complexity index is 354. The number of benzene rings is 1. The lowest BCUT2D eigenvalue weighted by atomic mass is 10.2. The zero-order valence-corrected chi connectivity index (χ0v) is 9.32. The maximum atomic E-state index is 5.99. The Balaban J connectivity index is 2.37. The van der Waals surface area contributed by atoms with E-state index in [1.165, 1.54) is 0 Å². The van der Waals surface area contributed by atoms with E-state index in [1.54, 1.807) is 6.07 Å². The number of hydrogen-bond donors (Lipinski definition) is 1. The molecule has 0 saturated heterocycles. The first kappa shape index (κ1) is 9.94. The normalized spacial score (nSPS) is 19.5. The minimum atomic E-state index is 0.344. The second kappa shape index (κ2) is 3.87. The Morgan fingerprint density at radius 2 is 2.29 bits per heavy atom. The van der Waals surface area contributed by atoms with E-state index in [0.29, 0.717) is 28.4 Å². The highest BCUT2D eigenvalue weighted by Gasteiger charge is 2.20. The van der Waals surface area contributed by atoms with Crippen LogP contribution in [-0.4, -0.2) is 12.6 Å². The largest absolute Gasteiger partial charge is 0.488 e. The van der Waals surface area contributed by atoms with Gasteiger partial charge in [0, 0.05) is 5.02 Å². The molecule has 1 unspecified atom stereocenters. The molecule has 76 valence electrons. The van der Waals surface area contributed by atoms with Crippen molar-refractivity contribution in [3.8, 4) is 5.75 Å². The van der Waals surface area contributed by atoms with Gasteiger partial charge in [0.1, 0.15) is 6.61 Å². The van der Waals surface area contributed by atoms with Crippen LogP contribution in [0, 0.1) is 0 Å². The summed E-state index contributed by atoms with van der Waals surface area (Å²) in [4.78, 5) is 0. The van der Waals surface area contributed by atoms with Gasteiger partial charge in [0.2, 0.25) is 0 Å². The first-order valence-corrected chi connectivity index (χ1v) is 5.34. The summed E-state index contributed by atoms with van der Waals surface area (Å²) in [6.45, 7) is 2.77. The van der Waals surface area contributed by atoms with Crippen molar-refractivity contribution >= 4 is 28.9 Å². The lowest BCUT2D eigenvalue weighted by Gasteiger charge is -2.27. The maximum absolute atomic E-state index is 5.99. The summed E-state index contributed by atoms with van der Waals surface area (Å²) >= 11 is 11.9. The van der Waals surface area contributed by atoms with Crippen molar-refractivity contribution in [2.75, 3.05) is 11.9 Å².